The topological polar surface area (TPSA) is 39.1 Å². The Bertz CT molecular complexity index is 606. The van der Waals surface area contributed by atoms with Crippen molar-refractivity contribution in [2.75, 3.05) is 13.2 Å². The predicted octanol–water partition coefficient (Wildman–Crippen LogP) is 2.87. The van der Waals surface area contributed by atoms with Gasteiger partial charge < -0.3 is 14.6 Å². The highest BCUT2D eigenvalue weighted by Gasteiger charge is 2.25. The summed E-state index contributed by atoms with van der Waals surface area (Å²) in [5, 5.41) is 3.46. The van der Waals surface area contributed by atoms with Gasteiger partial charge in [0.05, 0.1) is 12.3 Å². The molecule has 0 aliphatic carbocycles. The van der Waals surface area contributed by atoms with Crippen LogP contribution in [0.5, 0.6) is 5.75 Å². The van der Waals surface area contributed by atoms with Crippen LogP contribution in [0.15, 0.2) is 30.5 Å². The largest absolute Gasteiger partial charge is 0.493 e. The summed E-state index contributed by atoms with van der Waals surface area (Å²) in [7, 11) is 0. The summed E-state index contributed by atoms with van der Waals surface area (Å²) in [5.74, 6) is 2.53. The summed E-state index contributed by atoms with van der Waals surface area (Å²) in [6.07, 6.45) is 3.14. The Balaban J connectivity index is 1.75. The van der Waals surface area contributed by atoms with E-state index in [1.54, 1.807) is 0 Å². The fourth-order valence-corrected chi connectivity index (χ4v) is 2.90. The van der Waals surface area contributed by atoms with Crippen molar-refractivity contribution in [2.45, 2.75) is 39.3 Å². The third-order valence-electron chi connectivity index (χ3n) is 4.07. The first-order chi connectivity index (χ1) is 10.3. The molecule has 0 bridgehead atoms. The molecular formula is C17H23N3O. The summed E-state index contributed by atoms with van der Waals surface area (Å²) in [6, 6.07) is 8.35. The molecule has 0 amide bonds. The molecule has 1 aliphatic heterocycles. The maximum absolute atomic E-state index is 5.79. The number of nitrogens with zero attached hydrogens (tertiary/aromatic N) is 2. The fourth-order valence-electron chi connectivity index (χ4n) is 2.90. The molecule has 4 nitrogen and oxygen atoms in total. The maximum Gasteiger partial charge on any atom is 0.122 e. The standard InChI is InChI=1S/C17H23N3O/c1-3-8-18-9-15-10-19-13(2)20(15)11-14-12-21-17-7-5-4-6-16(14)17/h4-7,10,14,18H,3,8-9,11-12H2,1-2H3. The third kappa shape index (κ3) is 2.95. The normalized spacial score (nSPS) is 16.8. The number of hydrogen-bond donors (Lipinski definition) is 1. The number of hydrogen-bond acceptors (Lipinski definition) is 3. The van der Waals surface area contributed by atoms with Crippen molar-refractivity contribution in [3.05, 3.63) is 47.5 Å². The molecule has 3 rings (SSSR count). The van der Waals surface area contributed by atoms with Crippen molar-refractivity contribution < 1.29 is 4.74 Å². The van der Waals surface area contributed by atoms with Crippen molar-refractivity contribution in [3.63, 3.8) is 0 Å². The molecule has 0 fully saturated rings. The minimum atomic E-state index is 0.416. The molecule has 2 heterocycles. The summed E-state index contributed by atoms with van der Waals surface area (Å²) in [5.41, 5.74) is 2.57. The average Bonchev–Trinajstić information content (AvgIpc) is 3.06. The van der Waals surface area contributed by atoms with Crippen molar-refractivity contribution in [2.24, 2.45) is 0 Å². The van der Waals surface area contributed by atoms with Gasteiger partial charge in [-0.25, -0.2) is 4.98 Å². The number of aryl methyl sites for hydroxylation is 1. The molecule has 112 valence electrons. The zero-order valence-electron chi connectivity index (χ0n) is 12.8. The number of nitrogens with one attached hydrogen (secondary N) is 1. The first kappa shape index (κ1) is 14.1. The Labute approximate surface area is 126 Å². The Kier molecular flexibility index (Phi) is 4.25. The predicted molar refractivity (Wildman–Crippen MR) is 83.6 cm³/mol. The van der Waals surface area contributed by atoms with E-state index in [9.17, 15) is 0 Å². The Morgan fingerprint density at radius 3 is 3.10 bits per heavy atom. The van der Waals surface area contributed by atoms with Crippen LogP contribution in [0.25, 0.3) is 0 Å². The zero-order valence-corrected chi connectivity index (χ0v) is 12.8. The number of imidazole rings is 1. The minimum Gasteiger partial charge on any atom is -0.493 e. The van der Waals surface area contributed by atoms with Crippen LogP contribution in [-0.2, 0) is 13.1 Å². The molecule has 1 aliphatic rings. The number of para-hydroxylation sites is 1. The molecule has 1 atom stereocenters. The van der Waals surface area contributed by atoms with Crippen LogP contribution < -0.4 is 10.1 Å². The van der Waals surface area contributed by atoms with E-state index in [2.05, 4.69) is 46.9 Å². The SMILES string of the molecule is CCCNCc1cnc(C)n1CC1COc2ccccc21. The van der Waals surface area contributed by atoms with Gasteiger partial charge in [-0.3, -0.25) is 0 Å². The summed E-state index contributed by atoms with van der Waals surface area (Å²) >= 11 is 0. The van der Waals surface area contributed by atoms with Gasteiger partial charge in [0.1, 0.15) is 11.6 Å². The van der Waals surface area contributed by atoms with E-state index in [0.29, 0.717) is 5.92 Å². The summed E-state index contributed by atoms with van der Waals surface area (Å²) in [4.78, 5) is 4.48. The molecule has 21 heavy (non-hydrogen) atoms. The van der Waals surface area contributed by atoms with Crippen LogP contribution >= 0.6 is 0 Å². The average molecular weight is 285 g/mol. The smallest absolute Gasteiger partial charge is 0.122 e. The lowest BCUT2D eigenvalue weighted by Crippen LogP contribution is -2.19. The zero-order chi connectivity index (χ0) is 14.7. The second kappa shape index (κ2) is 6.31. The molecule has 0 saturated heterocycles. The van der Waals surface area contributed by atoms with Gasteiger partial charge in [0.2, 0.25) is 0 Å². The van der Waals surface area contributed by atoms with Gasteiger partial charge in [-0.05, 0) is 26.0 Å². The van der Waals surface area contributed by atoms with Gasteiger partial charge in [-0.1, -0.05) is 25.1 Å². The summed E-state index contributed by atoms with van der Waals surface area (Å²) < 4.78 is 8.11. The molecule has 4 heteroatoms. The number of rotatable bonds is 6. The van der Waals surface area contributed by atoms with Crippen LogP contribution in [0.1, 0.15) is 36.3 Å². The first-order valence-electron chi connectivity index (χ1n) is 7.73. The van der Waals surface area contributed by atoms with Gasteiger partial charge in [-0.2, -0.15) is 0 Å². The Morgan fingerprint density at radius 2 is 2.24 bits per heavy atom. The lowest BCUT2D eigenvalue weighted by molar-refractivity contribution is 0.317. The Hall–Kier alpha value is -1.81. The minimum absolute atomic E-state index is 0.416. The van der Waals surface area contributed by atoms with E-state index in [0.717, 1.165) is 44.2 Å². The molecule has 1 aromatic carbocycles. The van der Waals surface area contributed by atoms with Crippen LogP contribution in [-0.4, -0.2) is 22.7 Å². The van der Waals surface area contributed by atoms with Crippen molar-refractivity contribution >= 4 is 0 Å². The van der Waals surface area contributed by atoms with Crippen LogP contribution in [0.3, 0.4) is 0 Å². The van der Waals surface area contributed by atoms with Gasteiger partial charge in [0, 0.05) is 30.8 Å². The summed E-state index contributed by atoms with van der Waals surface area (Å²) in [6.45, 7) is 7.88. The number of fused-ring (bicyclic) bond motifs is 1. The van der Waals surface area contributed by atoms with Crippen molar-refractivity contribution in [3.8, 4) is 5.75 Å². The highest BCUT2D eigenvalue weighted by atomic mass is 16.5. The molecule has 2 aromatic rings. The first-order valence-corrected chi connectivity index (χ1v) is 7.73. The number of benzene rings is 1. The van der Waals surface area contributed by atoms with Gasteiger partial charge in [0.25, 0.3) is 0 Å². The van der Waals surface area contributed by atoms with E-state index in [-0.39, 0.29) is 0 Å². The molecule has 1 N–H and O–H groups in total. The second-order valence-corrected chi connectivity index (χ2v) is 5.63. The molecule has 0 radical (unpaired) electrons. The fraction of sp³-hybridized carbons (Fsp3) is 0.471. The van der Waals surface area contributed by atoms with Crippen LogP contribution in [0, 0.1) is 6.92 Å². The molecule has 0 saturated carbocycles. The number of aromatic nitrogens is 2. The van der Waals surface area contributed by atoms with Gasteiger partial charge in [-0.15, -0.1) is 0 Å². The maximum atomic E-state index is 5.79. The second-order valence-electron chi connectivity index (χ2n) is 5.63. The number of ether oxygens (including phenoxy) is 1. The van der Waals surface area contributed by atoms with Gasteiger partial charge in [0.15, 0.2) is 0 Å². The lowest BCUT2D eigenvalue weighted by atomic mass is 10.0. The third-order valence-corrected chi connectivity index (χ3v) is 4.07. The van der Waals surface area contributed by atoms with Crippen LogP contribution in [0.4, 0.5) is 0 Å². The highest BCUT2D eigenvalue weighted by molar-refractivity contribution is 5.39. The molecule has 1 aromatic heterocycles. The van der Waals surface area contributed by atoms with E-state index >= 15 is 0 Å². The highest BCUT2D eigenvalue weighted by Crippen LogP contribution is 2.34. The molecular weight excluding hydrogens is 262 g/mol. The van der Waals surface area contributed by atoms with E-state index in [1.807, 2.05) is 12.3 Å². The van der Waals surface area contributed by atoms with Crippen molar-refractivity contribution in [1.29, 1.82) is 0 Å². The monoisotopic (exact) mass is 285 g/mol. The Morgan fingerprint density at radius 1 is 1.38 bits per heavy atom. The molecule has 1 unspecified atom stereocenters. The van der Waals surface area contributed by atoms with Crippen molar-refractivity contribution in [1.82, 2.24) is 14.9 Å². The lowest BCUT2D eigenvalue weighted by Gasteiger charge is -2.15. The van der Waals surface area contributed by atoms with Crippen LogP contribution in [0.2, 0.25) is 0 Å². The van der Waals surface area contributed by atoms with E-state index in [1.165, 1.54) is 11.3 Å². The quantitative estimate of drug-likeness (QED) is 0.830. The van der Waals surface area contributed by atoms with E-state index < -0.39 is 0 Å². The molecule has 0 spiro atoms. The van der Waals surface area contributed by atoms with E-state index in [4.69, 9.17) is 4.74 Å². The van der Waals surface area contributed by atoms with Gasteiger partial charge >= 0.3 is 0 Å².